The van der Waals surface area contributed by atoms with E-state index in [0.29, 0.717) is 12.2 Å². The Balaban J connectivity index is 1.47. The number of hydrogen-bond acceptors (Lipinski definition) is 4. The van der Waals surface area contributed by atoms with Crippen molar-refractivity contribution in [2.75, 3.05) is 39.4 Å². The van der Waals surface area contributed by atoms with Gasteiger partial charge < -0.3 is 10.1 Å². The van der Waals surface area contributed by atoms with E-state index in [9.17, 15) is 4.79 Å². The van der Waals surface area contributed by atoms with Crippen molar-refractivity contribution in [2.24, 2.45) is 7.05 Å². The number of morpholine rings is 1. The third kappa shape index (κ3) is 3.19. The average molecular weight is 340 g/mol. The van der Waals surface area contributed by atoms with E-state index in [1.54, 1.807) is 0 Å². The van der Waals surface area contributed by atoms with Crippen molar-refractivity contribution in [1.29, 1.82) is 0 Å². The van der Waals surface area contributed by atoms with Gasteiger partial charge in [0.25, 0.3) is 5.91 Å². The summed E-state index contributed by atoms with van der Waals surface area (Å²) in [5.74, 6) is -0.0653. The summed E-state index contributed by atoms with van der Waals surface area (Å²) in [5, 5.41) is 7.56. The first-order valence-electron chi connectivity index (χ1n) is 8.96. The predicted octanol–water partition coefficient (Wildman–Crippen LogP) is 1.25. The highest BCUT2D eigenvalue weighted by Crippen LogP contribution is 2.34. The Labute approximate surface area is 147 Å². The minimum absolute atomic E-state index is 0.0653. The Bertz CT molecular complexity index is 778. The SMILES string of the molecule is Cn1nc(C(=O)NCCN2CCOCC2)c2c1-c1ccccc1CC2. The maximum absolute atomic E-state index is 12.7. The molecule has 0 bridgehead atoms. The van der Waals surface area contributed by atoms with Crippen LogP contribution >= 0.6 is 0 Å². The van der Waals surface area contributed by atoms with Crippen molar-refractivity contribution in [3.8, 4) is 11.3 Å². The largest absolute Gasteiger partial charge is 0.379 e. The summed E-state index contributed by atoms with van der Waals surface area (Å²) in [4.78, 5) is 15.0. The van der Waals surface area contributed by atoms with E-state index in [4.69, 9.17) is 4.74 Å². The molecule has 2 aromatic rings. The lowest BCUT2D eigenvalue weighted by Gasteiger charge is -2.26. The van der Waals surface area contributed by atoms with Crippen LogP contribution in [0.3, 0.4) is 0 Å². The Kier molecular flexibility index (Phi) is 4.55. The van der Waals surface area contributed by atoms with Crippen molar-refractivity contribution in [1.82, 2.24) is 20.0 Å². The molecule has 2 aliphatic rings. The first-order chi connectivity index (χ1) is 12.2. The molecule has 1 aliphatic heterocycles. The molecule has 1 N–H and O–H groups in total. The fourth-order valence-electron chi connectivity index (χ4n) is 3.79. The lowest BCUT2D eigenvalue weighted by molar-refractivity contribution is 0.0383. The van der Waals surface area contributed by atoms with Gasteiger partial charge in [0.2, 0.25) is 0 Å². The maximum Gasteiger partial charge on any atom is 0.272 e. The molecule has 0 unspecified atom stereocenters. The van der Waals surface area contributed by atoms with Gasteiger partial charge in [0.1, 0.15) is 0 Å². The van der Waals surface area contributed by atoms with Gasteiger partial charge >= 0.3 is 0 Å². The van der Waals surface area contributed by atoms with Crippen LogP contribution in [0.2, 0.25) is 0 Å². The van der Waals surface area contributed by atoms with Crippen LogP contribution in [-0.2, 0) is 24.6 Å². The number of nitrogens with one attached hydrogen (secondary N) is 1. The van der Waals surface area contributed by atoms with Gasteiger partial charge in [-0.2, -0.15) is 5.10 Å². The van der Waals surface area contributed by atoms with Gasteiger partial charge in [-0.05, 0) is 18.4 Å². The molecule has 1 aromatic heterocycles. The highest BCUT2D eigenvalue weighted by atomic mass is 16.5. The number of aromatic nitrogens is 2. The normalized spacial score (nSPS) is 17.0. The molecule has 6 heteroatoms. The van der Waals surface area contributed by atoms with E-state index in [1.165, 1.54) is 11.1 Å². The fourth-order valence-corrected chi connectivity index (χ4v) is 3.79. The molecule has 0 saturated carbocycles. The third-order valence-corrected chi connectivity index (χ3v) is 5.09. The second kappa shape index (κ2) is 6.98. The van der Waals surface area contributed by atoms with Crippen LogP contribution in [0.5, 0.6) is 0 Å². The van der Waals surface area contributed by atoms with Crippen LogP contribution in [0, 0.1) is 0 Å². The lowest BCUT2D eigenvalue weighted by atomic mass is 9.89. The Morgan fingerprint density at radius 1 is 1.24 bits per heavy atom. The zero-order valence-electron chi connectivity index (χ0n) is 14.6. The third-order valence-electron chi connectivity index (χ3n) is 5.09. The molecule has 2 heterocycles. The topological polar surface area (TPSA) is 59.4 Å². The van der Waals surface area contributed by atoms with Gasteiger partial charge in [0.15, 0.2) is 5.69 Å². The second-order valence-electron chi connectivity index (χ2n) is 6.67. The minimum atomic E-state index is -0.0653. The number of carbonyl (C=O) groups excluding carboxylic acids is 1. The van der Waals surface area contributed by atoms with E-state index < -0.39 is 0 Å². The number of nitrogens with zero attached hydrogens (tertiary/aromatic N) is 3. The molecule has 1 aromatic carbocycles. The van der Waals surface area contributed by atoms with Crippen molar-refractivity contribution < 1.29 is 9.53 Å². The quantitative estimate of drug-likeness (QED) is 0.910. The van der Waals surface area contributed by atoms with Crippen LogP contribution in [-0.4, -0.2) is 60.0 Å². The molecular weight excluding hydrogens is 316 g/mol. The molecule has 1 aliphatic carbocycles. The Morgan fingerprint density at radius 2 is 2.04 bits per heavy atom. The summed E-state index contributed by atoms with van der Waals surface area (Å²) in [7, 11) is 1.92. The van der Waals surface area contributed by atoms with Crippen molar-refractivity contribution in [2.45, 2.75) is 12.8 Å². The van der Waals surface area contributed by atoms with E-state index in [1.807, 2.05) is 17.8 Å². The van der Waals surface area contributed by atoms with Gasteiger partial charge in [-0.15, -0.1) is 0 Å². The Morgan fingerprint density at radius 3 is 2.88 bits per heavy atom. The molecular formula is C19H24N4O2. The summed E-state index contributed by atoms with van der Waals surface area (Å²) in [6.45, 7) is 4.92. The van der Waals surface area contributed by atoms with E-state index in [2.05, 4.69) is 33.5 Å². The highest BCUT2D eigenvalue weighted by Gasteiger charge is 2.26. The van der Waals surface area contributed by atoms with Crippen molar-refractivity contribution >= 4 is 5.91 Å². The van der Waals surface area contributed by atoms with Gasteiger partial charge in [-0.25, -0.2) is 0 Å². The summed E-state index contributed by atoms with van der Waals surface area (Å²) < 4.78 is 7.20. The number of aryl methyl sites for hydroxylation is 2. The van der Waals surface area contributed by atoms with Crippen molar-refractivity contribution in [3.63, 3.8) is 0 Å². The van der Waals surface area contributed by atoms with Gasteiger partial charge in [-0.3, -0.25) is 14.4 Å². The smallest absolute Gasteiger partial charge is 0.272 e. The standard InChI is InChI=1S/C19H24N4O2/c1-22-18-15-5-3-2-4-14(15)6-7-16(18)17(21-22)19(24)20-8-9-23-10-12-25-13-11-23/h2-5H,6-13H2,1H3,(H,20,24). The molecule has 25 heavy (non-hydrogen) atoms. The van der Waals surface area contributed by atoms with Crippen LogP contribution in [0.4, 0.5) is 0 Å². The zero-order valence-corrected chi connectivity index (χ0v) is 14.6. The highest BCUT2D eigenvalue weighted by molar-refractivity contribution is 5.96. The lowest BCUT2D eigenvalue weighted by Crippen LogP contribution is -2.41. The maximum atomic E-state index is 12.7. The fraction of sp³-hybridized carbons (Fsp3) is 0.474. The second-order valence-corrected chi connectivity index (χ2v) is 6.67. The van der Waals surface area contributed by atoms with E-state index in [0.717, 1.165) is 56.9 Å². The number of amides is 1. The summed E-state index contributed by atoms with van der Waals surface area (Å²) in [5.41, 5.74) is 5.27. The molecule has 1 amide bonds. The molecule has 0 radical (unpaired) electrons. The monoisotopic (exact) mass is 340 g/mol. The van der Waals surface area contributed by atoms with Crippen LogP contribution in [0.1, 0.15) is 21.6 Å². The van der Waals surface area contributed by atoms with Crippen LogP contribution < -0.4 is 5.32 Å². The molecule has 6 nitrogen and oxygen atoms in total. The molecule has 132 valence electrons. The molecule has 0 atom stereocenters. The van der Waals surface area contributed by atoms with E-state index >= 15 is 0 Å². The number of fused-ring (bicyclic) bond motifs is 3. The summed E-state index contributed by atoms with van der Waals surface area (Å²) in [6.07, 6.45) is 1.83. The van der Waals surface area contributed by atoms with Crippen molar-refractivity contribution in [3.05, 3.63) is 41.1 Å². The van der Waals surface area contributed by atoms with Crippen LogP contribution in [0.15, 0.2) is 24.3 Å². The first kappa shape index (κ1) is 16.3. The number of hydrogen-bond donors (Lipinski definition) is 1. The molecule has 1 saturated heterocycles. The zero-order chi connectivity index (χ0) is 17.2. The average Bonchev–Trinajstić information content (AvgIpc) is 3.00. The molecule has 0 spiro atoms. The van der Waals surface area contributed by atoms with Gasteiger partial charge in [0, 0.05) is 44.4 Å². The Hall–Kier alpha value is -2.18. The number of ether oxygens (including phenoxy) is 1. The molecule has 1 fully saturated rings. The van der Waals surface area contributed by atoms with E-state index in [-0.39, 0.29) is 5.91 Å². The molecule has 4 rings (SSSR count). The first-order valence-corrected chi connectivity index (χ1v) is 8.96. The van der Waals surface area contributed by atoms with Gasteiger partial charge in [0.05, 0.1) is 18.9 Å². The summed E-state index contributed by atoms with van der Waals surface area (Å²) >= 11 is 0. The van der Waals surface area contributed by atoms with Gasteiger partial charge in [-0.1, -0.05) is 24.3 Å². The minimum Gasteiger partial charge on any atom is -0.379 e. The number of benzene rings is 1. The summed E-state index contributed by atoms with van der Waals surface area (Å²) in [6, 6.07) is 8.39. The predicted molar refractivity (Wildman–Crippen MR) is 95.6 cm³/mol. The number of carbonyl (C=O) groups is 1. The van der Waals surface area contributed by atoms with Crippen LogP contribution in [0.25, 0.3) is 11.3 Å². The number of rotatable bonds is 4.